The van der Waals surface area contributed by atoms with E-state index in [4.69, 9.17) is 15.8 Å². The second-order valence-electron chi connectivity index (χ2n) is 3.00. The van der Waals surface area contributed by atoms with Crippen molar-refractivity contribution in [1.29, 1.82) is 15.8 Å². The van der Waals surface area contributed by atoms with Gasteiger partial charge in [0.1, 0.15) is 40.5 Å². The average Bonchev–Trinajstić information content (AvgIpc) is 2.28. The second kappa shape index (κ2) is 4.23. The molecular formula is C10HF4N3O. The van der Waals surface area contributed by atoms with Gasteiger partial charge in [0, 0.05) is 0 Å². The molecule has 1 N–H and O–H groups in total. The Labute approximate surface area is 97.5 Å². The molecule has 1 rings (SSSR count). The van der Waals surface area contributed by atoms with E-state index in [0.717, 1.165) is 12.1 Å². The van der Waals surface area contributed by atoms with Crippen molar-refractivity contribution in [2.75, 3.05) is 0 Å². The maximum absolute atomic E-state index is 13.5. The van der Waals surface area contributed by atoms with Crippen molar-refractivity contribution in [2.45, 2.75) is 6.18 Å². The van der Waals surface area contributed by atoms with Crippen molar-refractivity contribution in [3.05, 3.63) is 28.1 Å². The fourth-order valence-corrected chi connectivity index (χ4v) is 1.30. The van der Waals surface area contributed by atoms with Crippen LogP contribution in [-0.4, -0.2) is 5.11 Å². The van der Waals surface area contributed by atoms with Crippen LogP contribution in [-0.2, 0) is 6.18 Å². The fourth-order valence-electron chi connectivity index (χ4n) is 1.30. The second-order valence-corrected chi connectivity index (χ2v) is 3.00. The molecule has 0 amide bonds. The van der Waals surface area contributed by atoms with Gasteiger partial charge in [-0.05, 0) is 0 Å². The number of phenols is 1. The summed E-state index contributed by atoms with van der Waals surface area (Å²) in [5.74, 6) is -3.40. The monoisotopic (exact) mass is 255 g/mol. The fraction of sp³-hybridized carbons (Fsp3) is 0.100. The lowest BCUT2D eigenvalue weighted by atomic mass is 9.97. The average molecular weight is 255 g/mol. The molecule has 8 heteroatoms. The summed E-state index contributed by atoms with van der Waals surface area (Å²) in [6, 6.07) is 3.20. The van der Waals surface area contributed by atoms with Gasteiger partial charge in [-0.1, -0.05) is 0 Å². The molecule has 0 saturated heterocycles. The third-order valence-corrected chi connectivity index (χ3v) is 2.03. The summed E-state index contributed by atoms with van der Waals surface area (Å²) in [5, 5.41) is 34.9. The molecule has 4 nitrogen and oxygen atoms in total. The topological polar surface area (TPSA) is 91.6 Å². The van der Waals surface area contributed by atoms with E-state index in [1.165, 1.54) is 6.07 Å². The van der Waals surface area contributed by atoms with Gasteiger partial charge in [0.15, 0.2) is 11.6 Å². The summed E-state index contributed by atoms with van der Waals surface area (Å²) >= 11 is 0. The Morgan fingerprint density at radius 1 is 0.889 bits per heavy atom. The van der Waals surface area contributed by atoms with Crippen LogP contribution >= 0.6 is 0 Å². The molecule has 0 aromatic heterocycles. The Balaban J connectivity index is 4.00. The van der Waals surface area contributed by atoms with Crippen LogP contribution in [0.4, 0.5) is 17.6 Å². The number of phenolic OH excluding ortho intramolecular Hbond substituents is 1. The summed E-state index contributed by atoms with van der Waals surface area (Å²) in [5.41, 5.74) is -5.73. The number of nitriles is 3. The third kappa shape index (κ3) is 1.79. The Morgan fingerprint density at radius 2 is 1.33 bits per heavy atom. The lowest BCUT2D eigenvalue weighted by Gasteiger charge is -2.13. The molecule has 1 aromatic rings. The highest BCUT2D eigenvalue weighted by molar-refractivity contribution is 5.64. The minimum absolute atomic E-state index is 0.967. The van der Waals surface area contributed by atoms with Crippen molar-refractivity contribution >= 4 is 0 Å². The molecule has 0 spiro atoms. The Kier molecular flexibility index (Phi) is 3.12. The number of halogens is 4. The SMILES string of the molecule is N#Cc1c(O)c(C#N)c(C(F)(F)F)c(F)c1C#N. The number of hydrogen-bond donors (Lipinski definition) is 1. The molecule has 0 fully saturated rings. The Morgan fingerprint density at radius 3 is 1.67 bits per heavy atom. The number of aromatic hydroxyl groups is 1. The van der Waals surface area contributed by atoms with Crippen LogP contribution in [0.1, 0.15) is 22.3 Å². The van der Waals surface area contributed by atoms with E-state index in [-0.39, 0.29) is 0 Å². The van der Waals surface area contributed by atoms with E-state index in [9.17, 15) is 22.7 Å². The minimum Gasteiger partial charge on any atom is -0.505 e. The molecule has 0 atom stereocenters. The van der Waals surface area contributed by atoms with Gasteiger partial charge in [0.25, 0.3) is 0 Å². The lowest BCUT2D eigenvalue weighted by Crippen LogP contribution is -2.14. The first-order valence-corrected chi connectivity index (χ1v) is 4.15. The molecule has 0 unspecified atom stereocenters. The van der Waals surface area contributed by atoms with Gasteiger partial charge in [0.05, 0.1) is 0 Å². The highest BCUT2D eigenvalue weighted by Gasteiger charge is 2.41. The van der Waals surface area contributed by atoms with Crippen molar-refractivity contribution in [3.8, 4) is 24.0 Å². The van der Waals surface area contributed by atoms with Gasteiger partial charge in [-0.25, -0.2) is 4.39 Å². The van der Waals surface area contributed by atoms with Crippen molar-refractivity contribution < 1.29 is 22.7 Å². The maximum Gasteiger partial charge on any atom is 0.420 e. The summed E-state index contributed by atoms with van der Waals surface area (Å²) in [4.78, 5) is 0. The molecular weight excluding hydrogens is 254 g/mol. The lowest BCUT2D eigenvalue weighted by molar-refractivity contribution is -0.140. The molecule has 0 saturated carbocycles. The van der Waals surface area contributed by atoms with E-state index in [1.54, 1.807) is 0 Å². The molecule has 18 heavy (non-hydrogen) atoms. The number of benzene rings is 1. The van der Waals surface area contributed by atoms with Crippen LogP contribution < -0.4 is 0 Å². The predicted molar refractivity (Wildman–Crippen MR) is 47.2 cm³/mol. The van der Waals surface area contributed by atoms with Crippen LogP contribution in [0.3, 0.4) is 0 Å². The first-order chi connectivity index (χ1) is 8.29. The van der Waals surface area contributed by atoms with Gasteiger partial charge >= 0.3 is 6.18 Å². The molecule has 0 aliphatic rings. The number of nitrogens with zero attached hydrogens (tertiary/aromatic N) is 3. The largest absolute Gasteiger partial charge is 0.505 e. The van der Waals surface area contributed by atoms with E-state index >= 15 is 0 Å². The van der Waals surface area contributed by atoms with Crippen molar-refractivity contribution in [1.82, 2.24) is 0 Å². The number of alkyl halides is 3. The van der Waals surface area contributed by atoms with E-state index in [1.807, 2.05) is 0 Å². The molecule has 0 aliphatic carbocycles. The third-order valence-electron chi connectivity index (χ3n) is 2.03. The standard InChI is InChI=1S/C10HF4N3O/c11-8-4(1-15)5(2-16)9(18)6(3-17)7(8)10(12,13)14/h18H. The van der Waals surface area contributed by atoms with Crippen LogP contribution in [0.2, 0.25) is 0 Å². The summed E-state index contributed by atoms with van der Waals surface area (Å²) in [6.07, 6.45) is -5.27. The van der Waals surface area contributed by atoms with Gasteiger partial charge < -0.3 is 5.11 Å². The molecule has 0 bridgehead atoms. The first-order valence-electron chi connectivity index (χ1n) is 4.15. The quantitative estimate of drug-likeness (QED) is 0.719. The highest BCUT2D eigenvalue weighted by atomic mass is 19.4. The highest BCUT2D eigenvalue weighted by Crippen LogP contribution is 2.40. The minimum atomic E-state index is -5.27. The van der Waals surface area contributed by atoms with Gasteiger partial charge in [0.2, 0.25) is 0 Å². The van der Waals surface area contributed by atoms with Crippen molar-refractivity contribution in [3.63, 3.8) is 0 Å². The van der Waals surface area contributed by atoms with Crippen LogP contribution in [0.25, 0.3) is 0 Å². The van der Waals surface area contributed by atoms with Gasteiger partial charge in [-0.3, -0.25) is 0 Å². The van der Waals surface area contributed by atoms with Crippen LogP contribution in [0, 0.1) is 39.8 Å². The van der Waals surface area contributed by atoms with Gasteiger partial charge in [-0.15, -0.1) is 0 Å². The number of rotatable bonds is 0. The zero-order valence-corrected chi connectivity index (χ0v) is 8.30. The molecule has 1 aromatic carbocycles. The molecule has 0 radical (unpaired) electrons. The zero-order valence-electron chi connectivity index (χ0n) is 8.30. The Hall–Kier alpha value is -2.79. The zero-order chi connectivity index (χ0) is 14.1. The van der Waals surface area contributed by atoms with Crippen molar-refractivity contribution in [2.24, 2.45) is 0 Å². The van der Waals surface area contributed by atoms with E-state index in [0.29, 0.717) is 0 Å². The van der Waals surface area contributed by atoms with E-state index in [2.05, 4.69) is 0 Å². The molecule has 90 valence electrons. The van der Waals surface area contributed by atoms with E-state index < -0.39 is 40.0 Å². The van der Waals surface area contributed by atoms with Crippen LogP contribution in [0.5, 0.6) is 5.75 Å². The summed E-state index contributed by atoms with van der Waals surface area (Å²) in [6.45, 7) is 0. The molecule has 0 heterocycles. The molecule has 0 aliphatic heterocycles. The normalized spacial score (nSPS) is 10.3. The van der Waals surface area contributed by atoms with Crippen LogP contribution in [0.15, 0.2) is 0 Å². The first kappa shape index (κ1) is 13.3. The number of hydrogen-bond acceptors (Lipinski definition) is 4. The van der Waals surface area contributed by atoms with Gasteiger partial charge in [-0.2, -0.15) is 29.0 Å². The summed E-state index contributed by atoms with van der Waals surface area (Å²) in [7, 11) is 0. The Bertz CT molecular complexity index is 644. The predicted octanol–water partition coefficient (Wildman–Crippen LogP) is 2.17. The maximum atomic E-state index is 13.5. The summed E-state index contributed by atoms with van der Waals surface area (Å²) < 4.78 is 51.1. The smallest absolute Gasteiger partial charge is 0.420 e.